The highest BCUT2D eigenvalue weighted by Gasteiger charge is 2.07. The Kier molecular flexibility index (Phi) is 3.74. The molecule has 0 aliphatic carbocycles. The van der Waals surface area contributed by atoms with Crippen LogP contribution in [0.5, 0.6) is 0 Å². The SMILES string of the molecule is Cc1c(F)cccc1-n1cc(CCCCl)nn1. The van der Waals surface area contributed by atoms with Gasteiger partial charge in [0.25, 0.3) is 0 Å². The number of hydrogen-bond acceptors (Lipinski definition) is 2. The first-order chi connectivity index (χ1) is 8.22. The lowest BCUT2D eigenvalue weighted by molar-refractivity contribution is 0.614. The van der Waals surface area contributed by atoms with Crippen LogP contribution in [0.25, 0.3) is 5.69 Å². The topological polar surface area (TPSA) is 30.7 Å². The van der Waals surface area contributed by atoms with E-state index in [0.717, 1.165) is 24.2 Å². The third-order valence-electron chi connectivity index (χ3n) is 2.59. The molecular formula is C12H13ClFN3. The minimum Gasteiger partial charge on any atom is -0.220 e. The number of nitrogens with zero attached hydrogens (tertiary/aromatic N) is 3. The van der Waals surface area contributed by atoms with Gasteiger partial charge in [0.2, 0.25) is 0 Å². The van der Waals surface area contributed by atoms with Crippen LogP contribution in [0.3, 0.4) is 0 Å². The molecule has 5 heteroatoms. The normalized spacial score (nSPS) is 10.8. The Balaban J connectivity index is 2.27. The lowest BCUT2D eigenvalue weighted by Gasteiger charge is -2.04. The molecule has 0 radical (unpaired) electrons. The van der Waals surface area contributed by atoms with E-state index in [1.807, 2.05) is 12.3 Å². The van der Waals surface area contributed by atoms with Crippen molar-refractivity contribution in [1.29, 1.82) is 0 Å². The largest absolute Gasteiger partial charge is 0.220 e. The molecule has 0 saturated heterocycles. The second kappa shape index (κ2) is 5.27. The van der Waals surface area contributed by atoms with Gasteiger partial charge in [-0.1, -0.05) is 11.3 Å². The summed E-state index contributed by atoms with van der Waals surface area (Å²) in [5.74, 6) is 0.367. The Hall–Kier alpha value is -1.42. The molecule has 90 valence electrons. The molecule has 0 aliphatic rings. The molecule has 0 N–H and O–H groups in total. The molecule has 0 unspecified atom stereocenters. The van der Waals surface area contributed by atoms with Crippen molar-refractivity contribution in [3.05, 3.63) is 41.5 Å². The van der Waals surface area contributed by atoms with Crippen LogP contribution in [0, 0.1) is 12.7 Å². The standard InChI is InChI=1S/C12H13ClFN3/c1-9-11(14)5-2-6-12(9)17-8-10(15-16-17)4-3-7-13/h2,5-6,8H,3-4,7H2,1H3. The molecule has 0 saturated carbocycles. The summed E-state index contributed by atoms with van der Waals surface area (Å²) in [6.45, 7) is 1.73. The van der Waals surface area contributed by atoms with Crippen LogP contribution in [0.4, 0.5) is 4.39 Å². The fraction of sp³-hybridized carbons (Fsp3) is 0.333. The predicted molar refractivity (Wildman–Crippen MR) is 65.1 cm³/mol. The molecule has 17 heavy (non-hydrogen) atoms. The predicted octanol–water partition coefficient (Wildman–Crippen LogP) is 2.89. The molecule has 0 bridgehead atoms. The van der Waals surface area contributed by atoms with E-state index in [0.29, 0.717) is 11.4 Å². The summed E-state index contributed by atoms with van der Waals surface area (Å²) in [6.07, 6.45) is 3.47. The highest BCUT2D eigenvalue weighted by molar-refractivity contribution is 6.17. The van der Waals surface area contributed by atoms with Crippen LogP contribution in [0.2, 0.25) is 0 Å². The number of hydrogen-bond donors (Lipinski definition) is 0. The summed E-state index contributed by atoms with van der Waals surface area (Å²) < 4.78 is 15.0. The van der Waals surface area contributed by atoms with Gasteiger partial charge in [-0.2, -0.15) is 0 Å². The molecule has 0 amide bonds. The van der Waals surface area contributed by atoms with Crippen molar-refractivity contribution in [2.45, 2.75) is 19.8 Å². The van der Waals surface area contributed by atoms with Crippen LogP contribution < -0.4 is 0 Å². The van der Waals surface area contributed by atoms with Crippen molar-refractivity contribution in [2.75, 3.05) is 5.88 Å². The van der Waals surface area contributed by atoms with Crippen LogP contribution in [-0.4, -0.2) is 20.9 Å². The van der Waals surface area contributed by atoms with Gasteiger partial charge >= 0.3 is 0 Å². The second-order valence-corrected chi connectivity index (χ2v) is 4.21. The van der Waals surface area contributed by atoms with E-state index in [4.69, 9.17) is 11.6 Å². The molecule has 3 nitrogen and oxygen atoms in total. The molecule has 0 atom stereocenters. The number of aromatic nitrogens is 3. The maximum absolute atomic E-state index is 13.4. The first kappa shape index (κ1) is 12.0. The smallest absolute Gasteiger partial charge is 0.128 e. The summed E-state index contributed by atoms with van der Waals surface area (Å²) in [6, 6.07) is 4.92. The average Bonchev–Trinajstić information content (AvgIpc) is 2.78. The van der Waals surface area contributed by atoms with Crippen molar-refractivity contribution in [3.8, 4) is 5.69 Å². The average molecular weight is 254 g/mol. The van der Waals surface area contributed by atoms with Gasteiger partial charge in [-0.05, 0) is 31.9 Å². The van der Waals surface area contributed by atoms with Crippen LogP contribution >= 0.6 is 11.6 Å². The number of rotatable bonds is 4. The van der Waals surface area contributed by atoms with E-state index >= 15 is 0 Å². The molecule has 0 spiro atoms. The number of alkyl halides is 1. The Morgan fingerprint density at radius 1 is 1.41 bits per heavy atom. The quantitative estimate of drug-likeness (QED) is 0.785. The Morgan fingerprint density at radius 3 is 3.00 bits per heavy atom. The van der Waals surface area contributed by atoms with E-state index in [2.05, 4.69) is 10.3 Å². The van der Waals surface area contributed by atoms with Gasteiger partial charge in [0, 0.05) is 11.4 Å². The van der Waals surface area contributed by atoms with Gasteiger partial charge in [0.05, 0.1) is 17.6 Å². The first-order valence-electron chi connectivity index (χ1n) is 5.45. The minimum absolute atomic E-state index is 0.236. The summed E-state index contributed by atoms with van der Waals surface area (Å²) in [7, 11) is 0. The molecule has 1 aromatic carbocycles. The third kappa shape index (κ3) is 2.64. The van der Waals surface area contributed by atoms with Crippen molar-refractivity contribution in [3.63, 3.8) is 0 Å². The monoisotopic (exact) mass is 253 g/mol. The Morgan fingerprint density at radius 2 is 2.24 bits per heavy atom. The van der Waals surface area contributed by atoms with Gasteiger partial charge in [0.1, 0.15) is 5.82 Å². The van der Waals surface area contributed by atoms with Gasteiger partial charge in [-0.25, -0.2) is 9.07 Å². The lowest BCUT2D eigenvalue weighted by Crippen LogP contribution is -1.99. The summed E-state index contributed by atoms with van der Waals surface area (Å²) >= 11 is 5.62. The van der Waals surface area contributed by atoms with Gasteiger partial charge in [-0.3, -0.25) is 0 Å². The first-order valence-corrected chi connectivity index (χ1v) is 5.98. The molecular weight excluding hydrogens is 241 g/mol. The maximum Gasteiger partial charge on any atom is 0.128 e. The van der Waals surface area contributed by atoms with Crippen molar-refractivity contribution < 1.29 is 4.39 Å². The molecule has 1 aromatic heterocycles. The molecule has 1 heterocycles. The molecule has 0 fully saturated rings. The second-order valence-electron chi connectivity index (χ2n) is 3.83. The summed E-state index contributed by atoms with van der Waals surface area (Å²) in [4.78, 5) is 0. The Bertz CT molecular complexity index is 510. The summed E-state index contributed by atoms with van der Waals surface area (Å²) in [5.41, 5.74) is 2.16. The highest BCUT2D eigenvalue weighted by atomic mass is 35.5. The van der Waals surface area contributed by atoms with Gasteiger partial charge in [-0.15, -0.1) is 16.7 Å². The van der Waals surface area contributed by atoms with Gasteiger partial charge < -0.3 is 0 Å². The van der Waals surface area contributed by atoms with Gasteiger partial charge in [0.15, 0.2) is 0 Å². The molecule has 2 aromatic rings. The van der Waals surface area contributed by atoms with Crippen LogP contribution in [-0.2, 0) is 6.42 Å². The van der Waals surface area contributed by atoms with E-state index in [-0.39, 0.29) is 5.82 Å². The number of aryl methyl sites for hydroxylation is 1. The zero-order valence-electron chi connectivity index (χ0n) is 9.53. The van der Waals surface area contributed by atoms with E-state index in [1.54, 1.807) is 17.7 Å². The Labute approximate surface area is 104 Å². The summed E-state index contributed by atoms with van der Waals surface area (Å²) in [5, 5.41) is 8.03. The zero-order chi connectivity index (χ0) is 12.3. The van der Waals surface area contributed by atoms with E-state index in [9.17, 15) is 4.39 Å². The van der Waals surface area contributed by atoms with Crippen LogP contribution in [0.15, 0.2) is 24.4 Å². The molecule has 2 rings (SSSR count). The minimum atomic E-state index is -0.236. The van der Waals surface area contributed by atoms with Crippen molar-refractivity contribution in [1.82, 2.24) is 15.0 Å². The third-order valence-corrected chi connectivity index (χ3v) is 2.86. The van der Waals surface area contributed by atoms with Crippen LogP contribution in [0.1, 0.15) is 17.7 Å². The van der Waals surface area contributed by atoms with E-state index < -0.39 is 0 Å². The van der Waals surface area contributed by atoms with E-state index in [1.165, 1.54) is 6.07 Å². The highest BCUT2D eigenvalue weighted by Crippen LogP contribution is 2.16. The zero-order valence-corrected chi connectivity index (χ0v) is 10.3. The molecule has 0 aliphatic heterocycles. The number of benzene rings is 1. The van der Waals surface area contributed by atoms with Crippen molar-refractivity contribution in [2.24, 2.45) is 0 Å². The van der Waals surface area contributed by atoms with Crippen molar-refractivity contribution >= 4 is 11.6 Å². The fourth-order valence-corrected chi connectivity index (χ4v) is 1.76. The maximum atomic E-state index is 13.4. The lowest BCUT2D eigenvalue weighted by atomic mass is 10.2. The number of halogens is 2. The fourth-order valence-electron chi connectivity index (χ4n) is 1.62.